The van der Waals surface area contributed by atoms with Gasteiger partial charge in [0, 0.05) is 17.0 Å². The zero-order valence-corrected chi connectivity index (χ0v) is 16.1. The van der Waals surface area contributed by atoms with Gasteiger partial charge in [0.1, 0.15) is 17.2 Å². The van der Waals surface area contributed by atoms with Crippen LogP contribution in [-0.4, -0.2) is 33.0 Å². The molecule has 0 aliphatic heterocycles. The Morgan fingerprint density at radius 1 is 0.969 bits per heavy atom. The lowest BCUT2D eigenvalue weighted by Crippen LogP contribution is -2.28. The van der Waals surface area contributed by atoms with Crippen LogP contribution in [0.3, 0.4) is 0 Å². The highest BCUT2D eigenvalue weighted by Crippen LogP contribution is 2.41. The van der Waals surface area contributed by atoms with Gasteiger partial charge in [0.05, 0.1) is 5.56 Å². The molecule has 0 radical (unpaired) electrons. The first-order chi connectivity index (χ1) is 14.7. The lowest BCUT2D eigenvalue weighted by atomic mass is 10.1. The molecule has 3 rings (SSSR count). The molecule has 2 aromatic carbocycles. The molecule has 0 saturated carbocycles. The molecule has 32 heavy (non-hydrogen) atoms. The number of hydrogen-bond donors (Lipinski definition) is 0. The van der Waals surface area contributed by atoms with Gasteiger partial charge < -0.3 is 13.3 Å². The molecule has 6 nitrogen and oxygen atoms in total. The maximum atomic E-state index is 13.2. The Balaban J connectivity index is 2.20. The Hall–Kier alpha value is -3.29. The molecule has 0 unspecified atom stereocenters. The van der Waals surface area contributed by atoms with E-state index in [9.17, 15) is 43.9 Å². The summed E-state index contributed by atoms with van der Waals surface area (Å²) in [5.74, 6) is -3.13. The summed E-state index contributed by atoms with van der Waals surface area (Å²) in [5, 5.41) is -0.286. The number of rotatable bonds is 6. The molecule has 0 bridgehead atoms. The maximum absolute atomic E-state index is 13.2. The second kappa shape index (κ2) is 8.00. The van der Waals surface area contributed by atoms with Crippen LogP contribution in [0.1, 0.15) is 10.4 Å². The van der Waals surface area contributed by atoms with Gasteiger partial charge in [-0.15, -0.1) is 0 Å². The van der Waals surface area contributed by atoms with Gasteiger partial charge in [-0.3, -0.25) is 4.79 Å². The van der Waals surface area contributed by atoms with Crippen molar-refractivity contribution >= 4 is 27.4 Å². The van der Waals surface area contributed by atoms with Gasteiger partial charge in [-0.25, -0.2) is 4.39 Å². The highest BCUT2D eigenvalue weighted by Gasteiger charge is 2.49. The third-order valence-corrected chi connectivity index (χ3v) is 4.86. The van der Waals surface area contributed by atoms with Crippen LogP contribution in [0.4, 0.5) is 30.7 Å². The van der Waals surface area contributed by atoms with Crippen molar-refractivity contribution in [1.29, 1.82) is 0 Å². The van der Waals surface area contributed by atoms with E-state index in [0.29, 0.717) is 12.1 Å². The van der Waals surface area contributed by atoms with E-state index in [4.69, 9.17) is 4.42 Å². The predicted molar refractivity (Wildman–Crippen MR) is 94.1 cm³/mol. The van der Waals surface area contributed by atoms with Crippen LogP contribution < -0.4 is 8.92 Å². The van der Waals surface area contributed by atoms with Crippen LogP contribution in [0.2, 0.25) is 0 Å². The quantitative estimate of drug-likeness (QED) is 0.206. The van der Waals surface area contributed by atoms with Gasteiger partial charge in [0.2, 0.25) is 0 Å². The number of benzene rings is 2. The molecular weight excluding hydrogens is 477 g/mol. The van der Waals surface area contributed by atoms with E-state index >= 15 is 0 Å². The fraction of sp³-hybridized carbons (Fsp3) is 0.167. The Morgan fingerprint density at radius 2 is 1.59 bits per heavy atom. The van der Waals surface area contributed by atoms with Gasteiger partial charge in [-0.1, -0.05) is 0 Å². The lowest BCUT2D eigenvalue weighted by Gasteiger charge is -2.14. The summed E-state index contributed by atoms with van der Waals surface area (Å²) in [6.45, 7) is -1.99. The summed E-state index contributed by atoms with van der Waals surface area (Å²) < 4.78 is 125. The monoisotopic (exact) mass is 486 g/mol. The largest absolute Gasteiger partial charge is 0.534 e. The van der Waals surface area contributed by atoms with Crippen LogP contribution >= 0.6 is 0 Å². The fourth-order valence-corrected chi connectivity index (χ4v) is 3.02. The molecule has 0 amide bonds. The van der Waals surface area contributed by atoms with Gasteiger partial charge >= 0.3 is 21.8 Å². The summed E-state index contributed by atoms with van der Waals surface area (Å²) in [7, 11) is -6.29. The second-order valence-electron chi connectivity index (χ2n) is 6.15. The molecule has 1 aromatic heterocycles. The Bertz CT molecular complexity index is 1260. The minimum atomic E-state index is -6.29. The van der Waals surface area contributed by atoms with E-state index in [-0.39, 0.29) is 34.1 Å². The summed E-state index contributed by atoms with van der Waals surface area (Å²) in [6, 6.07) is 5.63. The Kier molecular flexibility index (Phi) is 5.84. The average Bonchev–Trinajstić information content (AvgIpc) is 3.02. The molecule has 0 N–H and O–H groups in total. The first-order valence-electron chi connectivity index (χ1n) is 8.24. The highest BCUT2D eigenvalue weighted by molar-refractivity contribution is 7.88. The van der Waals surface area contributed by atoms with Crippen molar-refractivity contribution in [1.82, 2.24) is 0 Å². The summed E-state index contributed by atoms with van der Waals surface area (Å²) >= 11 is 0. The number of fused-ring (bicyclic) bond motifs is 1. The average molecular weight is 486 g/mol. The Labute approximate surface area is 174 Å². The van der Waals surface area contributed by atoms with E-state index in [1.165, 1.54) is 12.1 Å². The number of carbonyl (C=O) groups excluding carboxylic acids is 1. The first-order valence-corrected chi connectivity index (χ1v) is 9.64. The van der Waals surface area contributed by atoms with Crippen molar-refractivity contribution in [2.24, 2.45) is 0 Å². The molecule has 0 atom stereocenters. The van der Waals surface area contributed by atoms with E-state index in [1.54, 1.807) is 0 Å². The first kappa shape index (κ1) is 23.4. The number of alkyl halides is 6. The van der Waals surface area contributed by atoms with E-state index in [1.807, 2.05) is 0 Å². The molecule has 14 heteroatoms. The summed E-state index contributed by atoms with van der Waals surface area (Å²) in [5.41, 5.74) is -6.39. The van der Waals surface area contributed by atoms with Crippen LogP contribution in [0.25, 0.3) is 22.3 Å². The van der Waals surface area contributed by atoms with Crippen LogP contribution in [0, 0.1) is 5.82 Å². The van der Waals surface area contributed by atoms with Crippen LogP contribution in [0.5, 0.6) is 11.5 Å². The third kappa shape index (κ3) is 4.79. The normalized spacial score (nSPS) is 12.7. The molecule has 0 aliphatic rings. The van der Waals surface area contributed by atoms with Crippen molar-refractivity contribution in [3.8, 4) is 22.8 Å². The lowest BCUT2D eigenvalue weighted by molar-refractivity contribution is -0.153. The van der Waals surface area contributed by atoms with Crippen molar-refractivity contribution in [3.05, 3.63) is 47.8 Å². The SMILES string of the molecule is O=Cc1c(-c2ccc(F)cc2)oc2cc(OCC(F)(F)F)c(OS(=O)(=O)C(F)(F)F)cc12. The minimum Gasteiger partial charge on any atom is -0.480 e. The van der Waals surface area contributed by atoms with Crippen molar-refractivity contribution in [2.75, 3.05) is 6.61 Å². The van der Waals surface area contributed by atoms with Gasteiger partial charge in [0.25, 0.3) is 0 Å². The molecule has 0 fully saturated rings. The number of hydrogen-bond acceptors (Lipinski definition) is 6. The third-order valence-electron chi connectivity index (χ3n) is 3.89. The molecule has 0 aliphatic carbocycles. The minimum absolute atomic E-state index is 0.146. The number of halogens is 7. The fourth-order valence-electron chi connectivity index (χ4n) is 2.56. The van der Waals surface area contributed by atoms with Crippen LogP contribution in [0.15, 0.2) is 40.8 Å². The van der Waals surface area contributed by atoms with Gasteiger partial charge in [-0.05, 0) is 30.3 Å². The number of aldehydes is 1. The molecule has 1 heterocycles. The predicted octanol–water partition coefficient (Wildman–Crippen LogP) is 5.22. The van der Waals surface area contributed by atoms with Gasteiger partial charge in [-0.2, -0.15) is 34.8 Å². The molecule has 0 spiro atoms. The highest BCUT2D eigenvalue weighted by atomic mass is 32.2. The smallest absolute Gasteiger partial charge is 0.480 e. The topological polar surface area (TPSA) is 82.8 Å². The van der Waals surface area contributed by atoms with Gasteiger partial charge in [0.15, 0.2) is 24.4 Å². The van der Waals surface area contributed by atoms with Crippen molar-refractivity contribution in [2.45, 2.75) is 11.7 Å². The van der Waals surface area contributed by atoms with Crippen LogP contribution in [-0.2, 0) is 10.1 Å². The Morgan fingerprint density at radius 3 is 2.12 bits per heavy atom. The molecular formula is C18H9F7O6S. The van der Waals surface area contributed by atoms with Crippen molar-refractivity contribution in [3.63, 3.8) is 0 Å². The standard InChI is InChI=1S/C18H9F7O6S/c19-10-3-1-9(2-4-10)16-12(7-26)11-5-15(31-32(27,28)18(23,24)25)14(6-13(11)30-16)29-8-17(20,21)22/h1-7H,8H2. The van der Waals surface area contributed by atoms with Crippen molar-refractivity contribution < 1.29 is 57.3 Å². The summed E-state index contributed by atoms with van der Waals surface area (Å²) in [4.78, 5) is 11.6. The molecule has 3 aromatic rings. The number of carbonyl (C=O) groups is 1. The van der Waals surface area contributed by atoms with E-state index < -0.39 is 45.7 Å². The zero-order valence-electron chi connectivity index (χ0n) is 15.3. The van der Waals surface area contributed by atoms with E-state index in [0.717, 1.165) is 12.1 Å². The number of ether oxygens (including phenoxy) is 1. The second-order valence-corrected chi connectivity index (χ2v) is 7.69. The zero-order chi connectivity index (χ0) is 23.9. The summed E-state index contributed by atoms with van der Waals surface area (Å²) in [6.07, 6.45) is -4.71. The van der Waals surface area contributed by atoms with E-state index in [2.05, 4.69) is 8.92 Å². The molecule has 172 valence electrons. The number of furan rings is 1. The molecule has 0 saturated heterocycles. The maximum Gasteiger partial charge on any atom is 0.534 e.